The minimum atomic E-state index is -0.167. The Bertz CT molecular complexity index is 39.4. The summed E-state index contributed by atoms with van der Waals surface area (Å²) in [4.78, 5) is 0. The van der Waals surface area contributed by atoms with Crippen LogP contribution in [0.25, 0.3) is 0 Å². The summed E-state index contributed by atoms with van der Waals surface area (Å²) in [5.41, 5.74) is 0. The van der Waals surface area contributed by atoms with Crippen LogP contribution in [0, 0.1) is 0 Å². The molecule has 0 spiro atoms. The number of hydrogen-bond donors (Lipinski definition) is 1. The van der Waals surface area contributed by atoms with Gasteiger partial charge in [-0.05, 0) is 13.8 Å². The standard InChI is InChI=1S/C4H10O2.C3H8O/c1-5-3-4-6-2;1-3(2)4/h3-4H2,1-2H3;3-4H,1-2H3. The highest BCUT2D eigenvalue weighted by atomic mass is 16.5. The maximum Gasteiger partial charge on any atom is 0.0696 e. The third-order valence-electron chi connectivity index (χ3n) is 0.492. The van der Waals surface area contributed by atoms with Crippen LogP contribution in [0.5, 0.6) is 0 Å². The van der Waals surface area contributed by atoms with Crippen LogP contribution in [0.3, 0.4) is 0 Å². The zero-order chi connectivity index (χ0) is 8.41. The van der Waals surface area contributed by atoms with Gasteiger partial charge in [-0.3, -0.25) is 0 Å². The van der Waals surface area contributed by atoms with Crippen molar-refractivity contribution in [1.82, 2.24) is 0 Å². The van der Waals surface area contributed by atoms with E-state index in [-0.39, 0.29) is 6.10 Å². The first-order valence-electron chi connectivity index (χ1n) is 3.31. The van der Waals surface area contributed by atoms with E-state index in [1.807, 2.05) is 0 Å². The molecule has 0 bridgehead atoms. The summed E-state index contributed by atoms with van der Waals surface area (Å²) in [6.07, 6.45) is -0.167. The molecule has 0 aromatic carbocycles. The van der Waals surface area contributed by atoms with Gasteiger partial charge in [0.2, 0.25) is 0 Å². The Morgan fingerprint density at radius 2 is 1.30 bits per heavy atom. The van der Waals surface area contributed by atoms with Gasteiger partial charge >= 0.3 is 0 Å². The van der Waals surface area contributed by atoms with Crippen molar-refractivity contribution in [2.24, 2.45) is 0 Å². The van der Waals surface area contributed by atoms with Gasteiger partial charge in [-0.2, -0.15) is 0 Å². The van der Waals surface area contributed by atoms with Crippen molar-refractivity contribution >= 4 is 0 Å². The van der Waals surface area contributed by atoms with E-state index in [1.165, 1.54) is 0 Å². The number of ether oxygens (including phenoxy) is 2. The van der Waals surface area contributed by atoms with Crippen molar-refractivity contribution in [3.8, 4) is 0 Å². The van der Waals surface area contributed by atoms with Gasteiger partial charge in [-0.15, -0.1) is 0 Å². The summed E-state index contributed by atoms with van der Waals surface area (Å²) in [7, 11) is 3.30. The molecule has 0 aromatic heterocycles. The molecule has 0 aliphatic rings. The number of hydrogen-bond acceptors (Lipinski definition) is 3. The van der Waals surface area contributed by atoms with E-state index < -0.39 is 0 Å². The molecule has 0 heterocycles. The number of rotatable bonds is 3. The predicted octanol–water partition coefficient (Wildman–Crippen LogP) is 0.666. The van der Waals surface area contributed by atoms with Crippen molar-refractivity contribution in [2.75, 3.05) is 27.4 Å². The highest BCUT2D eigenvalue weighted by Gasteiger charge is 1.73. The molecule has 0 unspecified atom stereocenters. The second kappa shape index (κ2) is 11.6. The quantitative estimate of drug-likeness (QED) is 0.601. The van der Waals surface area contributed by atoms with Crippen LogP contribution in [0.2, 0.25) is 0 Å². The van der Waals surface area contributed by atoms with Crippen LogP contribution in [0.4, 0.5) is 0 Å². The van der Waals surface area contributed by atoms with Crippen LogP contribution in [0.15, 0.2) is 0 Å². The van der Waals surface area contributed by atoms with Crippen molar-refractivity contribution in [3.05, 3.63) is 0 Å². The lowest BCUT2D eigenvalue weighted by molar-refractivity contribution is 0.103. The van der Waals surface area contributed by atoms with E-state index in [0.717, 1.165) is 0 Å². The second-order valence-electron chi connectivity index (χ2n) is 2.08. The van der Waals surface area contributed by atoms with Crippen molar-refractivity contribution in [3.63, 3.8) is 0 Å². The molecule has 0 aliphatic carbocycles. The normalized spacial score (nSPS) is 9.00. The summed E-state index contributed by atoms with van der Waals surface area (Å²) in [5.74, 6) is 0. The summed E-state index contributed by atoms with van der Waals surface area (Å²) in [6, 6.07) is 0. The zero-order valence-corrected chi connectivity index (χ0v) is 7.26. The molecule has 64 valence electrons. The SMILES string of the molecule is CC(C)O.COCCOC. The Labute approximate surface area is 63.0 Å². The molecule has 1 N–H and O–H groups in total. The van der Waals surface area contributed by atoms with Gasteiger partial charge in [0.1, 0.15) is 0 Å². The Kier molecular flexibility index (Phi) is 14.6. The second-order valence-corrected chi connectivity index (χ2v) is 2.08. The first-order chi connectivity index (χ1) is 4.65. The van der Waals surface area contributed by atoms with E-state index in [9.17, 15) is 0 Å². The van der Waals surface area contributed by atoms with Gasteiger partial charge in [0.25, 0.3) is 0 Å². The fraction of sp³-hybridized carbons (Fsp3) is 1.00. The minimum absolute atomic E-state index is 0.167. The summed E-state index contributed by atoms with van der Waals surface area (Å²) in [6.45, 7) is 4.83. The Morgan fingerprint density at radius 3 is 1.40 bits per heavy atom. The van der Waals surface area contributed by atoms with Gasteiger partial charge in [-0.25, -0.2) is 0 Å². The summed E-state index contributed by atoms with van der Waals surface area (Å²) < 4.78 is 9.31. The molecule has 10 heavy (non-hydrogen) atoms. The Morgan fingerprint density at radius 1 is 1.10 bits per heavy atom. The molecule has 3 nitrogen and oxygen atoms in total. The van der Waals surface area contributed by atoms with Crippen LogP contribution >= 0.6 is 0 Å². The van der Waals surface area contributed by atoms with E-state index in [1.54, 1.807) is 28.1 Å². The Hall–Kier alpha value is -0.120. The van der Waals surface area contributed by atoms with Crippen LogP contribution in [0.1, 0.15) is 13.8 Å². The van der Waals surface area contributed by atoms with Crippen LogP contribution in [-0.4, -0.2) is 38.6 Å². The average molecular weight is 150 g/mol. The van der Waals surface area contributed by atoms with Crippen molar-refractivity contribution in [1.29, 1.82) is 0 Å². The molecule has 0 aliphatic heterocycles. The van der Waals surface area contributed by atoms with Crippen LogP contribution in [-0.2, 0) is 9.47 Å². The number of aliphatic hydroxyl groups is 1. The highest BCUT2D eigenvalue weighted by molar-refractivity contribution is 4.20. The fourth-order valence-corrected chi connectivity index (χ4v) is 0.167. The van der Waals surface area contributed by atoms with Gasteiger partial charge < -0.3 is 14.6 Å². The average Bonchev–Trinajstić information content (AvgIpc) is 1.82. The predicted molar refractivity (Wildman–Crippen MR) is 41.1 cm³/mol. The number of aliphatic hydroxyl groups excluding tert-OH is 1. The minimum Gasteiger partial charge on any atom is -0.394 e. The molecular formula is C7H18O3. The van der Waals surface area contributed by atoms with E-state index >= 15 is 0 Å². The molecule has 0 amide bonds. The molecule has 0 saturated carbocycles. The molecule has 0 radical (unpaired) electrons. The molecule has 0 fully saturated rings. The highest BCUT2D eigenvalue weighted by Crippen LogP contribution is 1.65. The fourth-order valence-electron chi connectivity index (χ4n) is 0.167. The third kappa shape index (κ3) is 45.0. The summed E-state index contributed by atoms with van der Waals surface area (Å²) in [5, 5.41) is 8.06. The van der Waals surface area contributed by atoms with Gasteiger partial charge in [0.05, 0.1) is 13.2 Å². The van der Waals surface area contributed by atoms with E-state index in [2.05, 4.69) is 9.47 Å². The zero-order valence-electron chi connectivity index (χ0n) is 7.26. The molecule has 0 saturated heterocycles. The molecule has 0 rings (SSSR count). The van der Waals surface area contributed by atoms with Gasteiger partial charge in [-0.1, -0.05) is 0 Å². The largest absolute Gasteiger partial charge is 0.394 e. The molecule has 0 atom stereocenters. The van der Waals surface area contributed by atoms with E-state index in [0.29, 0.717) is 13.2 Å². The maximum absolute atomic E-state index is 8.06. The third-order valence-corrected chi connectivity index (χ3v) is 0.492. The first-order valence-corrected chi connectivity index (χ1v) is 3.31. The lowest BCUT2D eigenvalue weighted by atomic mass is 10.5. The maximum atomic E-state index is 8.06. The Balaban J connectivity index is 0. The topological polar surface area (TPSA) is 38.7 Å². The molecule has 0 aromatic rings. The molecular weight excluding hydrogens is 132 g/mol. The van der Waals surface area contributed by atoms with Crippen LogP contribution < -0.4 is 0 Å². The lowest BCUT2D eigenvalue weighted by Gasteiger charge is -1.91. The monoisotopic (exact) mass is 150 g/mol. The van der Waals surface area contributed by atoms with Crippen molar-refractivity contribution in [2.45, 2.75) is 20.0 Å². The van der Waals surface area contributed by atoms with Gasteiger partial charge in [0.15, 0.2) is 0 Å². The van der Waals surface area contributed by atoms with E-state index in [4.69, 9.17) is 5.11 Å². The van der Waals surface area contributed by atoms with Crippen molar-refractivity contribution < 1.29 is 14.6 Å². The number of methoxy groups -OCH3 is 2. The smallest absolute Gasteiger partial charge is 0.0696 e. The summed E-state index contributed by atoms with van der Waals surface area (Å²) >= 11 is 0. The molecule has 3 heteroatoms. The lowest BCUT2D eigenvalue weighted by Crippen LogP contribution is -1.96. The first kappa shape index (κ1) is 12.5. The van der Waals surface area contributed by atoms with Gasteiger partial charge in [0, 0.05) is 20.3 Å².